The fraction of sp³-hybridized carbons (Fsp3) is 0.130. The summed E-state index contributed by atoms with van der Waals surface area (Å²) in [6.45, 7) is 2.04. The van der Waals surface area contributed by atoms with Crippen molar-refractivity contribution < 1.29 is 45.8 Å². The smallest absolute Gasteiger partial charge is 0.416 e. The molecule has 60 heavy (non-hydrogen) atoms. The molecule has 0 fully saturated rings. The molecule has 4 aromatic carbocycles. The Labute approximate surface area is 347 Å². The highest BCUT2D eigenvalue weighted by atomic mass is 32.1. The van der Waals surface area contributed by atoms with Gasteiger partial charge in [-0.15, -0.1) is 22.7 Å². The van der Waals surface area contributed by atoms with Crippen LogP contribution in [0.15, 0.2) is 134 Å². The molecule has 0 aliphatic heterocycles. The number of aromatic carboxylic acids is 1. The highest BCUT2D eigenvalue weighted by Crippen LogP contribution is 2.38. The predicted octanol–water partition coefficient (Wildman–Crippen LogP) is 13.0. The molecule has 4 aromatic heterocycles. The second-order valence-electron chi connectivity index (χ2n) is 13.5. The second-order valence-corrected chi connectivity index (χ2v) is 15.8. The Balaban J connectivity index is 0.000000182. The summed E-state index contributed by atoms with van der Waals surface area (Å²) in [5.74, 6) is -1.46. The number of halogens is 6. The van der Waals surface area contributed by atoms with Gasteiger partial charge in [-0.05, 0) is 77.4 Å². The van der Waals surface area contributed by atoms with Gasteiger partial charge >= 0.3 is 24.3 Å². The maximum atomic E-state index is 13.0. The van der Waals surface area contributed by atoms with Crippen LogP contribution in [0, 0.1) is 0 Å². The SMILES string of the molecule is CCOC(=O)c1ccc(-c2cccc3cc(Cc4cccc(C(F)(F)F)c4)sc23)nc1.O=C(O)c1ccc(-c2cccc3cc(Cc4cccc(C(F)(F)F)c4)sc23)nc1. The van der Waals surface area contributed by atoms with Gasteiger partial charge in [0.1, 0.15) is 0 Å². The normalized spacial score (nSPS) is 11.7. The highest BCUT2D eigenvalue weighted by molar-refractivity contribution is 7.20. The van der Waals surface area contributed by atoms with Gasteiger partial charge in [0.05, 0.1) is 40.2 Å². The molecule has 4 heterocycles. The van der Waals surface area contributed by atoms with E-state index in [1.165, 1.54) is 65.4 Å². The van der Waals surface area contributed by atoms with E-state index in [0.29, 0.717) is 47.5 Å². The standard InChI is InChI=1S/C24H18F3NO2S.C22H14F3NO2S/c1-2-30-23(29)17-9-10-21(28-14-17)20-8-4-6-16-13-19(31-22(16)20)12-15-5-3-7-18(11-15)24(25,26)27;23-22(24,25)16-5-1-3-13(9-16)10-17-11-14-4-2-6-18(20(14)29-17)19-8-7-15(12-26-19)21(27)28/h3-11,13-14H,2,12H2,1H3;1-9,11-12H,10H2,(H,27,28). The first-order valence-electron chi connectivity index (χ1n) is 18.3. The Morgan fingerprint density at radius 2 is 1.05 bits per heavy atom. The number of hydrogen-bond acceptors (Lipinski definition) is 7. The number of hydrogen-bond donors (Lipinski definition) is 1. The third-order valence-electron chi connectivity index (χ3n) is 9.29. The maximum Gasteiger partial charge on any atom is 0.416 e. The summed E-state index contributed by atoms with van der Waals surface area (Å²) in [4.78, 5) is 33.4. The van der Waals surface area contributed by atoms with E-state index in [2.05, 4.69) is 9.97 Å². The number of esters is 1. The van der Waals surface area contributed by atoms with Gasteiger partial charge in [-0.25, -0.2) is 9.59 Å². The summed E-state index contributed by atoms with van der Waals surface area (Å²) < 4.78 is 84.8. The number of thiophene rings is 2. The largest absolute Gasteiger partial charge is 0.478 e. The van der Waals surface area contributed by atoms with E-state index < -0.39 is 35.4 Å². The average molecular weight is 855 g/mol. The number of nitrogens with zero attached hydrogens (tertiary/aromatic N) is 2. The van der Waals surface area contributed by atoms with Crippen molar-refractivity contribution in [2.75, 3.05) is 6.61 Å². The maximum absolute atomic E-state index is 13.0. The Morgan fingerprint density at radius 1 is 0.600 bits per heavy atom. The van der Waals surface area contributed by atoms with E-state index in [-0.39, 0.29) is 5.56 Å². The van der Waals surface area contributed by atoms with Crippen LogP contribution >= 0.6 is 22.7 Å². The molecule has 0 aliphatic carbocycles. The van der Waals surface area contributed by atoms with Gasteiger partial charge < -0.3 is 9.84 Å². The molecular formula is C46H32F6N2O4S2. The molecule has 0 saturated carbocycles. The molecule has 14 heteroatoms. The third-order valence-corrected chi connectivity index (χ3v) is 11.7. The van der Waals surface area contributed by atoms with Crippen molar-refractivity contribution in [1.29, 1.82) is 0 Å². The molecule has 8 rings (SSSR count). The summed E-state index contributed by atoms with van der Waals surface area (Å²) in [6, 6.07) is 32.9. The van der Waals surface area contributed by atoms with Gasteiger partial charge in [-0.2, -0.15) is 26.3 Å². The summed E-state index contributed by atoms with van der Waals surface area (Å²) in [5, 5.41) is 11.0. The van der Waals surface area contributed by atoms with Crippen molar-refractivity contribution in [3.8, 4) is 22.5 Å². The number of alkyl halides is 6. The van der Waals surface area contributed by atoms with Gasteiger partial charge in [0, 0.05) is 55.5 Å². The molecule has 1 N–H and O–H groups in total. The molecule has 0 radical (unpaired) electrons. The minimum Gasteiger partial charge on any atom is -0.478 e. The molecule has 0 bridgehead atoms. The van der Waals surface area contributed by atoms with Crippen LogP contribution in [-0.4, -0.2) is 33.6 Å². The summed E-state index contributed by atoms with van der Waals surface area (Å²) in [7, 11) is 0. The van der Waals surface area contributed by atoms with Gasteiger partial charge in [0.25, 0.3) is 0 Å². The van der Waals surface area contributed by atoms with Crippen LogP contribution < -0.4 is 0 Å². The topological polar surface area (TPSA) is 89.4 Å². The number of fused-ring (bicyclic) bond motifs is 2. The van der Waals surface area contributed by atoms with Crippen LogP contribution in [-0.2, 0) is 29.9 Å². The van der Waals surface area contributed by atoms with Gasteiger partial charge in [0.2, 0.25) is 0 Å². The van der Waals surface area contributed by atoms with E-state index in [9.17, 15) is 35.9 Å². The lowest BCUT2D eigenvalue weighted by atomic mass is 10.1. The molecule has 0 saturated heterocycles. The number of benzene rings is 4. The number of carboxylic acid groups (broad SMARTS) is 1. The predicted molar refractivity (Wildman–Crippen MR) is 222 cm³/mol. The molecular weight excluding hydrogens is 823 g/mol. The van der Waals surface area contributed by atoms with Gasteiger partial charge in [0.15, 0.2) is 0 Å². The zero-order chi connectivity index (χ0) is 42.6. The average Bonchev–Trinajstić information content (AvgIpc) is 3.84. The lowest BCUT2D eigenvalue weighted by Crippen LogP contribution is -2.05. The number of carbonyl (C=O) groups is 2. The van der Waals surface area contributed by atoms with E-state index in [0.717, 1.165) is 53.2 Å². The number of aromatic nitrogens is 2. The molecule has 0 atom stereocenters. The minimum atomic E-state index is -4.36. The number of rotatable bonds is 9. The zero-order valence-corrected chi connectivity index (χ0v) is 33.1. The van der Waals surface area contributed by atoms with Crippen molar-refractivity contribution in [2.45, 2.75) is 32.1 Å². The Hall–Kier alpha value is -6.38. The van der Waals surface area contributed by atoms with Gasteiger partial charge in [-0.3, -0.25) is 9.97 Å². The van der Waals surface area contributed by atoms with Crippen LogP contribution in [0.2, 0.25) is 0 Å². The summed E-state index contributed by atoms with van der Waals surface area (Å²) in [5.41, 5.74) is 3.53. The molecule has 0 unspecified atom stereocenters. The van der Waals surface area contributed by atoms with Crippen molar-refractivity contribution in [1.82, 2.24) is 9.97 Å². The number of ether oxygens (including phenoxy) is 1. The molecule has 0 spiro atoms. The first-order chi connectivity index (χ1) is 28.7. The lowest BCUT2D eigenvalue weighted by molar-refractivity contribution is -0.138. The lowest BCUT2D eigenvalue weighted by Gasteiger charge is -2.08. The Morgan fingerprint density at radius 3 is 1.45 bits per heavy atom. The third kappa shape index (κ3) is 9.73. The van der Waals surface area contributed by atoms with Crippen molar-refractivity contribution in [2.24, 2.45) is 0 Å². The second kappa shape index (κ2) is 17.5. The van der Waals surface area contributed by atoms with Crippen molar-refractivity contribution >= 4 is 54.8 Å². The fourth-order valence-corrected chi connectivity index (χ4v) is 8.92. The Bertz CT molecular complexity index is 2810. The zero-order valence-electron chi connectivity index (χ0n) is 31.5. The first-order valence-corrected chi connectivity index (χ1v) is 20.0. The molecule has 304 valence electrons. The van der Waals surface area contributed by atoms with E-state index in [1.54, 1.807) is 37.3 Å². The van der Waals surface area contributed by atoms with E-state index >= 15 is 0 Å². The molecule has 0 amide bonds. The highest BCUT2D eigenvalue weighted by Gasteiger charge is 2.31. The van der Waals surface area contributed by atoms with Crippen molar-refractivity contribution in [3.63, 3.8) is 0 Å². The van der Waals surface area contributed by atoms with Crippen LogP contribution in [0.4, 0.5) is 26.3 Å². The van der Waals surface area contributed by atoms with Crippen LogP contribution in [0.25, 0.3) is 42.7 Å². The van der Waals surface area contributed by atoms with E-state index in [1.807, 2.05) is 48.5 Å². The van der Waals surface area contributed by atoms with Gasteiger partial charge in [-0.1, -0.05) is 72.8 Å². The molecule has 8 aromatic rings. The first kappa shape index (κ1) is 41.8. The fourth-order valence-electron chi connectivity index (χ4n) is 6.50. The monoisotopic (exact) mass is 854 g/mol. The number of carboxylic acids is 1. The van der Waals surface area contributed by atoms with Crippen LogP contribution in [0.3, 0.4) is 0 Å². The number of pyridine rings is 2. The summed E-state index contributed by atoms with van der Waals surface area (Å²) >= 11 is 3.03. The Kier molecular flexibility index (Phi) is 12.2. The van der Waals surface area contributed by atoms with Crippen LogP contribution in [0.1, 0.15) is 59.6 Å². The van der Waals surface area contributed by atoms with E-state index in [4.69, 9.17) is 9.84 Å². The quantitative estimate of drug-likeness (QED) is 0.115. The number of carbonyl (C=O) groups excluding carboxylic acids is 1. The molecule has 6 nitrogen and oxygen atoms in total. The van der Waals surface area contributed by atoms with Crippen molar-refractivity contribution in [3.05, 3.63) is 177 Å². The molecule has 0 aliphatic rings. The van der Waals surface area contributed by atoms with Crippen LogP contribution in [0.5, 0.6) is 0 Å². The minimum absolute atomic E-state index is 0.109. The summed E-state index contributed by atoms with van der Waals surface area (Å²) in [6.07, 6.45) is -5.11.